The van der Waals surface area contributed by atoms with Gasteiger partial charge in [0.15, 0.2) is 0 Å². The van der Waals surface area contributed by atoms with Crippen LogP contribution in [0.2, 0.25) is 0 Å². The van der Waals surface area contributed by atoms with E-state index in [2.05, 4.69) is 4.72 Å². The van der Waals surface area contributed by atoms with Crippen LogP contribution in [0.5, 0.6) is 5.75 Å². The molecule has 1 atom stereocenters. The molecule has 0 unspecified atom stereocenters. The molecule has 0 aromatic heterocycles. The van der Waals surface area contributed by atoms with Gasteiger partial charge in [0, 0.05) is 25.2 Å². The first-order valence-electron chi connectivity index (χ1n) is 9.31. The second-order valence-corrected chi connectivity index (χ2v) is 8.58. The quantitative estimate of drug-likeness (QED) is 0.713. The van der Waals surface area contributed by atoms with Gasteiger partial charge in [0.05, 0.1) is 17.1 Å². The Labute approximate surface area is 172 Å². The van der Waals surface area contributed by atoms with Crippen LogP contribution in [0.1, 0.15) is 18.9 Å². The number of carbonyl (C=O) groups excluding carboxylic acids is 1. The number of amides is 1. The van der Waals surface area contributed by atoms with Crippen LogP contribution in [0.4, 0.5) is 18.9 Å². The minimum atomic E-state index is -4.79. The number of nitrogens with zero attached hydrogens (tertiary/aromatic N) is 1. The first kappa shape index (κ1) is 22.1. The van der Waals surface area contributed by atoms with Crippen LogP contribution in [-0.2, 0) is 21.0 Å². The molecule has 0 bridgehead atoms. The highest BCUT2D eigenvalue weighted by atomic mass is 32.2. The van der Waals surface area contributed by atoms with Crippen LogP contribution in [0.15, 0.2) is 53.4 Å². The van der Waals surface area contributed by atoms with Crippen LogP contribution in [0.25, 0.3) is 0 Å². The topological polar surface area (TPSA) is 75.7 Å². The van der Waals surface area contributed by atoms with Gasteiger partial charge in [-0.3, -0.25) is 4.79 Å². The van der Waals surface area contributed by atoms with E-state index in [1.165, 1.54) is 11.0 Å². The molecule has 0 radical (unpaired) electrons. The van der Waals surface area contributed by atoms with E-state index >= 15 is 0 Å². The summed E-state index contributed by atoms with van der Waals surface area (Å²) in [5.74, 6) is 0.122. The molecule has 0 aliphatic carbocycles. The van der Waals surface area contributed by atoms with Crippen LogP contribution >= 0.6 is 0 Å². The fourth-order valence-corrected chi connectivity index (χ4v) is 4.64. The third-order valence-corrected chi connectivity index (χ3v) is 6.19. The van der Waals surface area contributed by atoms with Crippen molar-refractivity contribution in [3.8, 4) is 5.75 Å². The Morgan fingerprint density at radius 1 is 1.13 bits per heavy atom. The predicted octanol–water partition coefficient (Wildman–Crippen LogP) is 3.44. The van der Waals surface area contributed by atoms with Crippen LogP contribution in [0, 0.1) is 5.92 Å². The molecule has 0 saturated carbocycles. The monoisotopic (exact) mass is 442 g/mol. The molecule has 3 rings (SSSR count). The van der Waals surface area contributed by atoms with Gasteiger partial charge < -0.3 is 9.64 Å². The average Bonchev–Trinajstić information content (AvgIpc) is 3.07. The lowest BCUT2D eigenvalue weighted by Crippen LogP contribution is -2.32. The molecule has 1 amide bonds. The van der Waals surface area contributed by atoms with Crippen molar-refractivity contribution < 1.29 is 31.1 Å². The summed E-state index contributed by atoms with van der Waals surface area (Å²) in [5.41, 5.74) is -0.577. The molecule has 162 valence electrons. The van der Waals surface area contributed by atoms with E-state index in [9.17, 15) is 26.4 Å². The Morgan fingerprint density at radius 2 is 1.80 bits per heavy atom. The lowest BCUT2D eigenvalue weighted by atomic mass is 10.1. The number of rotatable bonds is 7. The highest BCUT2D eigenvalue weighted by Gasteiger charge is 2.37. The molecule has 1 aliphatic rings. The number of benzene rings is 2. The predicted molar refractivity (Wildman–Crippen MR) is 105 cm³/mol. The van der Waals surface area contributed by atoms with Crippen molar-refractivity contribution in [2.75, 3.05) is 24.6 Å². The van der Waals surface area contributed by atoms with Crippen molar-refractivity contribution in [3.63, 3.8) is 0 Å². The lowest BCUT2D eigenvalue weighted by Gasteiger charge is -2.18. The SMILES string of the molecule is CCOc1ccc(N2C[C@@H](CNS(=O)(=O)c3ccccc3C(F)(F)F)CC2=O)cc1. The first-order chi connectivity index (χ1) is 14.1. The summed E-state index contributed by atoms with van der Waals surface area (Å²) in [6.45, 7) is 2.49. The molecule has 1 N–H and O–H groups in total. The van der Waals surface area contributed by atoms with E-state index in [-0.39, 0.29) is 31.3 Å². The zero-order chi connectivity index (χ0) is 21.9. The van der Waals surface area contributed by atoms with Crippen LogP contribution in [-0.4, -0.2) is 34.0 Å². The number of sulfonamides is 1. The molecule has 1 heterocycles. The van der Waals surface area contributed by atoms with Gasteiger partial charge in [-0.25, -0.2) is 13.1 Å². The van der Waals surface area contributed by atoms with Crippen LogP contribution in [0.3, 0.4) is 0 Å². The van der Waals surface area contributed by atoms with Crippen molar-refractivity contribution in [2.24, 2.45) is 5.92 Å². The molecule has 1 saturated heterocycles. The second kappa shape index (κ2) is 8.65. The number of nitrogens with one attached hydrogen (secondary N) is 1. The third kappa shape index (κ3) is 4.93. The van der Waals surface area contributed by atoms with E-state index in [0.717, 1.165) is 18.2 Å². The number of halogens is 3. The highest BCUT2D eigenvalue weighted by Crippen LogP contribution is 2.34. The Hall–Kier alpha value is -2.59. The zero-order valence-electron chi connectivity index (χ0n) is 16.1. The van der Waals surface area contributed by atoms with Crippen molar-refractivity contribution in [2.45, 2.75) is 24.4 Å². The number of ether oxygens (including phenoxy) is 1. The van der Waals surface area contributed by atoms with Gasteiger partial charge in [0.2, 0.25) is 15.9 Å². The fourth-order valence-electron chi connectivity index (χ4n) is 3.30. The molecule has 1 fully saturated rings. The second-order valence-electron chi connectivity index (χ2n) is 6.85. The minimum Gasteiger partial charge on any atom is -0.494 e. The standard InChI is InChI=1S/C20H21F3N2O4S/c1-2-29-16-9-7-15(8-10-16)25-13-14(11-19(25)26)12-24-30(27,28)18-6-4-3-5-17(18)20(21,22)23/h3-10,14,24H,2,11-13H2,1H3/t14-/m1/s1. The first-order valence-corrected chi connectivity index (χ1v) is 10.8. The minimum absolute atomic E-state index is 0.0939. The average molecular weight is 442 g/mol. The smallest absolute Gasteiger partial charge is 0.417 e. The maximum absolute atomic E-state index is 13.1. The van der Waals surface area contributed by atoms with E-state index in [1.807, 2.05) is 6.92 Å². The molecule has 30 heavy (non-hydrogen) atoms. The normalized spacial score (nSPS) is 17.4. The molecule has 2 aromatic rings. The summed E-state index contributed by atoms with van der Waals surface area (Å²) in [4.78, 5) is 13.0. The molecule has 1 aliphatic heterocycles. The van der Waals surface area contributed by atoms with Gasteiger partial charge in [-0.2, -0.15) is 13.2 Å². The number of anilines is 1. The van der Waals surface area contributed by atoms with Crippen molar-refractivity contribution in [3.05, 3.63) is 54.1 Å². The Balaban J connectivity index is 1.68. The molecule has 2 aromatic carbocycles. The maximum Gasteiger partial charge on any atom is 0.417 e. The van der Waals surface area contributed by atoms with E-state index in [1.54, 1.807) is 24.3 Å². The van der Waals surface area contributed by atoms with Gasteiger partial charge in [-0.1, -0.05) is 12.1 Å². The zero-order valence-corrected chi connectivity index (χ0v) is 17.0. The van der Waals surface area contributed by atoms with E-state index < -0.39 is 26.7 Å². The summed E-state index contributed by atoms with van der Waals surface area (Å²) in [7, 11) is -4.39. The van der Waals surface area contributed by atoms with Gasteiger partial charge in [0.1, 0.15) is 5.75 Å². The molecular formula is C20H21F3N2O4S. The number of carbonyl (C=O) groups is 1. The van der Waals surface area contributed by atoms with E-state index in [4.69, 9.17) is 4.74 Å². The molecule has 0 spiro atoms. The third-order valence-electron chi connectivity index (χ3n) is 4.71. The summed E-state index contributed by atoms with van der Waals surface area (Å²) in [6.07, 6.45) is -4.70. The Kier molecular flexibility index (Phi) is 6.37. The Morgan fingerprint density at radius 3 is 2.43 bits per heavy atom. The number of hydrogen-bond acceptors (Lipinski definition) is 4. The number of alkyl halides is 3. The summed E-state index contributed by atoms with van der Waals surface area (Å²) < 4.78 is 71.9. The summed E-state index contributed by atoms with van der Waals surface area (Å²) >= 11 is 0. The van der Waals surface area contributed by atoms with Gasteiger partial charge in [-0.05, 0) is 49.2 Å². The van der Waals surface area contributed by atoms with Crippen molar-refractivity contribution in [1.29, 1.82) is 0 Å². The van der Waals surface area contributed by atoms with Crippen molar-refractivity contribution >= 4 is 21.6 Å². The summed E-state index contributed by atoms with van der Waals surface area (Å²) in [5, 5.41) is 0. The molecular weight excluding hydrogens is 421 g/mol. The molecule has 6 nitrogen and oxygen atoms in total. The molecule has 10 heteroatoms. The van der Waals surface area contributed by atoms with Gasteiger partial charge in [-0.15, -0.1) is 0 Å². The fraction of sp³-hybridized carbons (Fsp3) is 0.350. The van der Waals surface area contributed by atoms with Gasteiger partial charge >= 0.3 is 6.18 Å². The van der Waals surface area contributed by atoms with Crippen LogP contribution < -0.4 is 14.4 Å². The highest BCUT2D eigenvalue weighted by molar-refractivity contribution is 7.89. The number of hydrogen-bond donors (Lipinski definition) is 1. The summed E-state index contributed by atoms with van der Waals surface area (Å²) in [6, 6.07) is 10.9. The lowest BCUT2D eigenvalue weighted by molar-refractivity contribution is -0.139. The van der Waals surface area contributed by atoms with Gasteiger partial charge in [0.25, 0.3) is 0 Å². The van der Waals surface area contributed by atoms with E-state index in [0.29, 0.717) is 18.0 Å². The Bertz CT molecular complexity index is 1010. The maximum atomic E-state index is 13.1. The van der Waals surface area contributed by atoms with Crippen molar-refractivity contribution in [1.82, 2.24) is 4.72 Å². The largest absolute Gasteiger partial charge is 0.494 e.